The molecule has 0 fully saturated rings. The standard InChI is InChI=1S/C60H116O6/c1-6-7-8-9-10-11-12-13-14-15-16-17-18-21-25-32-37-42-47-52-60(63)66-57(54-65-59(62)51-46-41-36-31-27-26-29-34-39-44-49-56(4)5)53-64-58(61)50-45-40-35-30-24-22-19-20-23-28-33-38-43-48-55(2)3/h55-57H,6-54H2,1-5H3/t57-/m1/s1. The van der Waals surface area contributed by atoms with E-state index < -0.39 is 6.10 Å². The fourth-order valence-electron chi connectivity index (χ4n) is 9.23. The summed E-state index contributed by atoms with van der Waals surface area (Å²) in [5.41, 5.74) is 0. The van der Waals surface area contributed by atoms with Crippen LogP contribution in [0.3, 0.4) is 0 Å². The number of ether oxygens (including phenoxy) is 3. The largest absolute Gasteiger partial charge is 0.462 e. The topological polar surface area (TPSA) is 78.9 Å². The Hall–Kier alpha value is -1.59. The summed E-state index contributed by atoms with van der Waals surface area (Å²) in [4.78, 5) is 38.2. The first kappa shape index (κ1) is 64.4. The highest BCUT2D eigenvalue weighted by atomic mass is 16.6. The molecule has 0 saturated carbocycles. The summed E-state index contributed by atoms with van der Waals surface area (Å²) in [7, 11) is 0. The predicted octanol–water partition coefficient (Wildman–Crippen LogP) is 19.7. The zero-order valence-corrected chi connectivity index (χ0v) is 45.3. The smallest absolute Gasteiger partial charge is 0.306 e. The van der Waals surface area contributed by atoms with Crippen LogP contribution in [-0.4, -0.2) is 37.2 Å². The van der Waals surface area contributed by atoms with Crippen LogP contribution in [0.1, 0.15) is 336 Å². The maximum absolute atomic E-state index is 12.9. The summed E-state index contributed by atoms with van der Waals surface area (Å²) in [6, 6.07) is 0. The van der Waals surface area contributed by atoms with Gasteiger partial charge in [0.1, 0.15) is 13.2 Å². The van der Waals surface area contributed by atoms with Crippen LogP contribution in [0.15, 0.2) is 0 Å². The normalized spacial score (nSPS) is 12.0. The van der Waals surface area contributed by atoms with Gasteiger partial charge in [-0.3, -0.25) is 14.4 Å². The van der Waals surface area contributed by atoms with Gasteiger partial charge in [-0.05, 0) is 31.1 Å². The second-order valence-electron chi connectivity index (χ2n) is 21.6. The Bertz CT molecular complexity index is 1010. The lowest BCUT2D eigenvalue weighted by Gasteiger charge is -2.18. The number of esters is 3. The minimum atomic E-state index is -0.763. The summed E-state index contributed by atoms with van der Waals surface area (Å²) in [5.74, 6) is 0.820. The molecular formula is C60H116O6. The molecule has 0 spiro atoms. The van der Waals surface area contributed by atoms with Gasteiger partial charge in [0, 0.05) is 19.3 Å². The third-order valence-electron chi connectivity index (χ3n) is 13.7. The molecule has 0 aromatic heterocycles. The Morgan fingerprint density at radius 2 is 0.500 bits per heavy atom. The van der Waals surface area contributed by atoms with E-state index in [9.17, 15) is 14.4 Å². The zero-order chi connectivity index (χ0) is 48.2. The third-order valence-corrected chi connectivity index (χ3v) is 13.7. The van der Waals surface area contributed by atoms with Gasteiger partial charge in [-0.25, -0.2) is 0 Å². The molecule has 0 aromatic rings. The highest BCUT2D eigenvalue weighted by molar-refractivity contribution is 5.71. The fraction of sp³-hybridized carbons (Fsp3) is 0.950. The van der Waals surface area contributed by atoms with Gasteiger partial charge in [-0.2, -0.15) is 0 Å². The van der Waals surface area contributed by atoms with E-state index in [0.717, 1.165) is 69.6 Å². The monoisotopic (exact) mass is 933 g/mol. The Labute approximate surface area is 412 Å². The van der Waals surface area contributed by atoms with Crippen molar-refractivity contribution >= 4 is 17.9 Å². The van der Waals surface area contributed by atoms with E-state index in [2.05, 4.69) is 34.6 Å². The van der Waals surface area contributed by atoms with Crippen molar-refractivity contribution in [3.63, 3.8) is 0 Å². The number of carbonyl (C=O) groups excluding carboxylic acids is 3. The molecule has 0 rings (SSSR count). The molecule has 0 aliphatic heterocycles. The molecule has 0 aliphatic carbocycles. The molecule has 6 heteroatoms. The van der Waals surface area contributed by atoms with Crippen LogP contribution in [0.5, 0.6) is 0 Å². The second-order valence-corrected chi connectivity index (χ2v) is 21.6. The van der Waals surface area contributed by atoms with Crippen LogP contribution >= 0.6 is 0 Å². The predicted molar refractivity (Wildman–Crippen MR) is 284 cm³/mol. The molecule has 0 bridgehead atoms. The molecular weight excluding hydrogens is 817 g/mol. The average Bonchev–Trinajstić information content (AvgIpc) is 3.29. The van der Waals surface area contributed by atoms with E-state index in [0.29, 0.717) is 19.3 Å². The van der Waals surface area contributed by atoms with Crippen molar-refractivity contribution in [1.82, 2.24) is 0 Å². The van der Waals surface area contributed by atoms with Crippen LogP contribution in [0.25, 0.3) is 0 Å². The van der Waals surface area contributed by atoms with Gasteiger partial charge in [0.2, 0.25) is 0 Å². The summed E-state index contributed by atoms with van der Waals surface area (Å²) in [6.07, 6.45) is 56.7. The van der Waals surface area contributed by atoms with Crippen molar-refractivity contribution < 1.29 is 28.6 Å². The first-order valence-corrected chi connectivity index (χ1v) is 29.7. The molecule has 0 aromatic carbocycles. The van der Waals surface area contributed by atoms with Crippen molar-refractivity contribution in [2.75, 3.05) is 13.2 Å². The van der Waals surface area contributed by atoms with Gasteiger partial charge < -0.3 is 14.2 Å². The lowest BCUT2D eigenvalue weighted by atomic mass is 10.0. The molecule has 0 heterocycles. The minimum absolute atomic E-state index is 0.0628. The maximum atomic E-state index is 12.9. The van der Waals surface area contributed by atoms with Gasteiger partial charge in [0.25, 0.3) is 0 Å². The van der Waals surface area contributed by atoms with E-state index in [1.807, 2.05) is 0 Å². The van der Waals surface area contributed by atoms with E-state index in [-0.39, 0.29) is 31.1 Å². The number of hydrogen-bond donors (Lipinski definition) is 0. The van der Waals surface area contributed by atoms with E-state index in [4.69, 9.17) is 14.2 Å². The highest BCUT2D eigenvalue weighted by Crippen LogP contribution is 2.18. The molecule has 0 aliphatic rings. The molecule has 0 radical (unpaired) electrons. The summed E-state index contributed by atoms with van der Waals surface area (Å²) in [6.45, 7) is 11.4. The van der Waals surface area contributed by atoms with Crippen molar-refractivity contribution in [3.05, 3.63) is 0 Å². The van der Waals surface area contributed by atoms with Crippen LogP contribution in [0.4, 0.5) is 0 Å². The molecule has 0 amide bonds. The van der Waals surface area contributed by atoms with Gasteiger partial charge in [-0.1, -0.05) is 298 Å². The molecule has 0 saturated heterocycles. The Morgan fingerprint density at radius 1 is 0.288 bits per heavy atom. The number of hydrogen-bond acceptors (Lipinski definition) is 6. The van der Waals surface area contributed by atoms with Gasteiger partial charge in [-0.15, -0.1) is 0 Å². The summed E-state index contributed by atoms with van der Waals surface area (Å²) >= 11 is 0. The van der Waals surface area contributed by atoms with Gasteiger partial charge in [0.15, 0.2) is 6.10 Å². The Balaban J connectivity index is 4.28. The first-order chi connectivity index (χ1) is 32.2. The van der Waals surface area contributed by atoms with Crippen LogP contribution in [0.2, 0.25) is 0 Å². The number of unbranched alkanes of at least 4 members (excludes halogenated alkanes) is 39. The van der Waals surface area contributed by atoms with Crippen LogP contribution < -0.4 is 0 Å². The van der Waals surface area contributed by atoms with Crippen molar-refractivity contribution in [3.8, 4) is 0 Å². The number of rotatable bonds is 54. The van der Waals surface area contributed by atoms with Crippen molar-refractivity contribution in [1.29, 1.82) is 0 Å². The van der Waals surface area contributed by atoms with Crippen LogP contribution in [0, 0.1) is 11.8 Å². The van der Waals surface area contributed by atoms with E-state index in [1.54, 1.807) is 0 Å². The molecule has 6 nitrogen and oxygen atoms in total. The summed E-state index contributed by atoms with van der Waals surface area (Å²) < 4.78 is 16.9. The molecule has 1 atom stereocenters. The lowest BCUT2D eigenvalue weighted by Crippen LogP contribution is -2.30. The molecule has 392 valence electrons. The number of carbonyl (C=O) groups is 3. The van der Waals surface area contributed by atoms with Gasteiger partial charge >= 0.3 is 17.9 Å². The zero-order valence-electron chi connectivity index (χ0n) is 45.3. The molecule has 66 heavy (non-hydrogen) atoms. The Morgan fingerprint density at radius 3 is 0.742 bits per heavy atom. The van der Waals surface area contributed by atoms with Crippen molar-refractivity contribution in [2.24, 2.45) is 11.8 Å². The lowest BCUT2D eigenvalue weighted by molar-refractivity contribution is -0.167. The molecule has 0 N–H and O–H groups in total. The SMILES string of the molecule is CCCCCCCCCCCCCCCCCCCCCC(=O)O[C@H](COC(=O)CCCCCCCCCCCCCCCC(C)C)COC(=O)CCCCCCCCCCCCC(C)C. The second kappa shape index (κ2) is 52.8. The highest BCUT2D eigenvalue weighted by Gasteiger charge is 2.19. The average molecular weight is 934 g/mol. The maximum Gasteiger partial charge on any atom is 0.306 e. The quantitative estimate of drug-likeness (QED) is 0.0343. The third kappa shape index (κ3) is 53.4. The summed E-state index contributed by atoms with van der Waals surface area (Å²) in [5, 5.41) is 0. The molecule has 0 unspecified atom stereocenters. The van der Waals surface area contributed by atoms with Gasteiger partial charge in [0.05, 0.1) is 0 Å². The minimum Gasteiger partial charge on any atom is -0.462 e. The Kier molecular flexibility index (Phi) is 51.5. The first-order valence-electron chi connectivity index (χ1n) is 29.7. The van der Waals surface area contributed by atoms with Crippen LogP contribution in [-0.2, 0) is 28.6 Å². The fourth-order valence-corrected chi connectivity index (χ4v) is 9.23. The van der Waals surface area contributed by atoms with E-state index >= 15 is 0 Å². The van der Waals surface area contributed by atoms with Crippen molar-refractivity contribution in [2.45, 2.75) is 343 Å². The van der Waals surface area contributed by atoms with E-state index in [1.165, 1.54) is 225 Å².